The van der Waals surface area contributed by atoms with Crippen molar-refractivity contribution in [3.05, 3.63) is 51.0 Å². The maximum absolute atomic E-state index is 15.0. The number of halogens is 1. The number of aromatic nitrogens is 2. The van der Waals surface area contributed by atoms with Crippen LogP contribution in [-0.2, 0) is 17.7 Å². The van der Waals surface area contributed by atoms with E-state index in [0.29, 0.717) is 13.2 Å². The summed E-state index contributed by atoms with van der Waals surface area (Å²) in [4.78, 5) is 5.68. The Bertz CT molecular complexity index is 1260. The monoisotopic (exact) mass is 476 g/mol. The Kier molecular flexibility index (Phi) is 6.00. The minimum Gasteiger partial charge on any atom is -0.368 e. The van der Waals surface area contributed by atoms with Crippen LogP contribution in [0.5, 0.6) is 0 Å². The Morgan fingerprint density at radius 1 is 1.21 bits per heavy atom. The van der Waals surface area contributed by atoms with Gasteiger partial charge in [-0.2, -0.15) is 5.10 Å². The molecule has 176 valence electrons. The van der Waals surface area contributed by atoms with Gasteiger partial charge < -0.3 is 9.64 Å². The van der Waals surface area contributed by atoms with Crippen molar-refractivity contribution in [1.82, 2.24) is 20.0 Å². The lowest BCUT2D eigenvalue weighted by atomic mass is 10.0. The Morgan fingerprint density at radius 2 is 2.06 bits per heavy atom. The fourth-order valence-electron chi connectivity index (χ4n) is 4.82. The van der Waals surface area contributed by atoms with E-state index in [4.69, 9.17) is 4.74 Å². The fourth-order valence-corrected chi connectivity index (χ4v) is 5.58. The van der Waals surface area contributed by atoms with E-state index < -0.39 is 0 Å². The number of nitrogens with zero attached hydrogens (tertiary/aromatic N) is 3. The number of piperazine rings is 1. The molecule has 1 aromatic carbocycles. The van der Waals surface area contributed by atoms with Gasteiger partial charge in [-0.25, -0.2) is 4.39 Å². The highest BCUT2D eigenvalue weighted by Crippen LogP contribution is 2.42. The molecule has 0 spiro atoms. The van der Waals surface area contributed by atoms with Gasteiger partial charge in [0.25, 0.3) is 0 Å². The van der Waals surface area contributed by atoms with Gasteiger partial charge in [-0.05, 0) is 43.5 Å². The topological polar surface area (TPSA) is 44.4 Å². The van der Waals surface area contributed by atoms with Crippen LogP contribution >= 0.6 is 11.3 Å². The first kappa shape index (κ1) is 22.0. The van der Waals surface area contributed by atoms with Gasteiger partial charge in [0.2, 0.25) is 0 Å². The predicted molar refractivity (Wildman–Crippen MR) is 133 cm³/mol. The van der Waals surface area contributed by atoms with E-state index in [1.54, 1.807) is 17.4 Å². The molecule has 1 saturated carbocycles. The zero-order valence-electron chi connectivity index (χ0n) is 19.5. The molecule has 3 heterocycles. The van der Waals surface area contributed by atoms with Gasteiger partial charge in [0, 0.05) is 66.8 Å². The zero-order valence-corrected chi connectivity index (χ0v) is 20.3. The Labute approximate surface area is 203 Å². The maximum Gasteiger partial charge on any atom is 0.128 e. The smallest absolute Gasteiger partial charge is 0.128 e. The highest BCUT2D eigenvalue weighted by Gasteiger charge is 2.27. The normalized spacial score (nSPS) is 17.9. The van der Waals surface area contributed by atoms with Crippen LogP contribution in [0.15, 0.2) is 23.6 Å². The Hall–Kier alpha value is -2.50. The van der Waals surface area contributed by atoms with Crippen LogP contribution in [0.2, 0.25) is 0 Å². The van der Waals surface area contributed by atoms with Gasteiger partial charge in [0.05, 0.1) is 22.9 Å². The second-order valence-electron chi connectivity index (χ2n) is 9.74. The second-order valence-corrected chi connectivity index (χ2v) is 10.7. The summed E-state index contributed by atoms with van der Waals surface area (Å²) in [5.74, 6) is 6.97. The molecule has 6 rings (SSSR count). The van der Waals surface area contributed by atoms with Crippen molar-refractivity contribution >= 4 is 11.3 Å². The van der Waals surface area contributed by atoms with Crippen LogP contribution in [-0.4, -0.2) is 66.4 Å². The van der Waals surface area contributed by atoms with Gasteiger partial charge in [-0.1, -0.05) is 17.9 Å². The van der Waals surface area contributed by atoms with Crippen molar-refractivity contribution in [3.63, 3.8) is 0 Å². The van der Waals surface area contributed by atoms with Crippen molar-refractivity contribution in [2.45, 2.75) is 25.8 Å². The summed E-state index contributed by atoms with van der Waals surface area (Å²) < 4.78 is 20.6. The SMILES string of the molecule is CN1CCN(Cc2cc3c(cc2F)-c2[nH]nc(-c4csc(C#CCOCC5CC5)c4)c2C3)CC1. The lowest BCUT2D eigenvalue weighted by molar-refractivity contribution is 0.147. The van der Waals surface area contributed by atoms with E-state index >= 15 is 4.39 Å². The largest absolute Gasteiger partial charge is 0.368 e. The zero-order chi connectivity index (χ0) is 23.1. The number of benzene rings is 1. The quantitative estimate of drug-likeness (QED) is 0.332. The summed E-state index contributed by atoms with van der Waals surface area (Å²) in [5.41, 5.74) is 7.02. The third-order valence-electron chi connectivity index (χ3n) is 7.07. The van der Waals surface area contributed by atoms with E-state index in [1.165, 1.54) is 18.4 Å². The van der Waals surface area contributed by atoms with E-state index in [-0.39, 0.29) is 5.82 Å². The summed E-state index contributed by atoms with van der Waals surface area (Å²) in [6.45, 7) is 6.02. The molecule has 2 aromatic heterocycles. The molecule has 0 bridgehead atoms. The minimum absolute atomic E-state index is 0.126. The van der Waals surface area contributed by atoms with Crippen molar-refractivity contribution in [2.24, 2.45) is 5.92 Å². The number of hydrogen-bond donors (Lipinski definition) is 1. The molecule has 0 atom stereocenters. The summed E-state index contributed by atoms with van der Waals surface area (Å²) in [7, 11) is 2.14. The molecule has 3 aromatic rings. The molecule has 5 nitrogen and oxygen atoms in total. The highest BCUT2D eigenvalue weighted by molar-refractivity contribution is 7.11. The van der Waals surface area contributed by atoms with E-state index in [0.717, 1.165) is 83.6 Å². The van der Waals surface area contributed by atoms with Crippen molar-refractivity contribution in [1.29, 1.82) is 0 Å². The van der Waals surface area contributed by atoms with Gasteiger partial charge in [0.1, 0.15) is 12.4 Å². The van der Waals surface area contributed by atoms with Gasteiger partial charge in [0.15, 0.2) is 0 Å². The molecule has 7 heteroatoms. The highest BCUT2D eigenvalue weighted by atomic mass is 32.1. The van der Waals surface area contributed by atoms with Crippen LogP contribution in [0.25, 0.3) is 22.5 Å². The summed E-state index contributed by atoms with van der Waals surface area (Å²) in [5, 5.41) is 9.86. The first-order valence-electron chi connectivity index (χ1n) is 12.1. The summed E-state index contributed by atoms with van der Waals surface area (Å²) >= 11 is 1.63. The molecule has 0 radical (unpaired) electrons. The van der Waals surface area contributed by atoms with Crippen molar-refractivity contribution in [2.75, 3.05) is 46.4 Å². The average molecular weight is 477 g/mol. The molecule has 1 N–H and O–H groups in total. The van der Waals surface area contributed by atoms with Crippen LogP contribution in [0.1, 0.15) is 34.4 Å². The number of ether oxygens (including phenoxy) is 1. The molecular formula is C27H29FN4OS. The van der Waals surface area contributed by atoms with E-state index in [9.17, 15) is 0 Å². The number of H-pyrrole nitrogens is 1. The van der Waals surface area contributed by atoms with Gasteiger partial charge in [-0.3, -0.25) is 10.00 Å². The number of thiophene rings is 1. The van der Waals surface area contributed by atoms with Crippen molar-refractivity contribution < 1.29 is 9.13 Å². The van der Waals surface area contributed by atoms with E-state index in [2.05, 4.69) is 56.4 Å². The third kappa shape index (κ3) is 4.56. The molecule has 3 aliphatic rings. The number of aromatic amines is 1. The number of fused-ring (bicyclic) bond motifs is 3. The number of likely N-dealkylation sites (N-methyl/N-ethyl adjacent to an activating group) is 1. The van der Waals surface area contributed by atoms with E-state index in [1.807, 2.05) is 0 Å². The van der Waals surface area contributed by atoms with Crippen LogP contribution in [0.4, 0.5) is 4.39 Å². The summed E-state index contributed by atoms with van der Waals surface area (Å²) in [6, 6.07) is 5.85. The molecule has 2 fully saturated rings. The molecule has 0 unspecified atom stereocenters. The second kappa shape index (κ2) is 9.27. The number of hydrogen-bond acceptors (Lipinski definition) is 5. The van der Waals surface area contributed by atoms with Crippen LogP contribution in [0, 0.1) is 23.6 Å². The molecule has 34 heavy (non-hydrogen) atoms. The lowest BCUT2D eigenvalue weighted by Crippen LogP contribution is -2.44. The van der Waals surface area contributed by atoms with Gasteiger partial charge >= 0.3 is 0 Å². The standard InChI is InChI=1S/C27H29FN4OS/c1-31-6-8-32(9-7-31)15-20-11-19-13-24-26(29-30-27(24)23(19)14-25(20)28)21-12-22(34-17-21)3-2-10-33-16-18-4-5-18/h11-12,14,17-18H,4-10,13,15-16H2,1H3,(H,29,30). The summed E-state index contributed by atoms with van der Waals surface area (Å²) in [6.07, 6.45) is 3.37. The molecular weight excluding hydrogens is 447 g/mol. The maximum atomic E-state index is 15.0. The Morgan fingerprint density at radius 3 is 2.88 bits per heavy atom. The molecule has 0 amide bonds. The molecule has 1 aliphatic heterocycles. The Balaban J connectivity index is 1.16. The first-order chi connectivity index (χ1) is 16.6. The van der Waals surface area contributed by atoms with Crippen LogP contribution < -0.4 is 0 Å². The minimum atomic E-state index is -0.126. The number of nitrogens with one attached hydrogen (secondary N) is 1. The number of rotatable bonds is 6. The van der Waals surface area contributed by atoms with Gasteiger partial charge in [-0.15, -0.1) is 11.3 Å². The predicted octanol–water partition coefficient (Wildman–Crippen LogP) is 4.37. The lowest BCUT2D eigenvalue weighted by Gasteiger charge is -2.32. The van der Waals surface area contributed by atoms with Crippen LogP contribution in [0.3, 0.4) is 0 Å². The van der Waals surface area contributed by atoms with Crippen molar-refractivity contribution in [3.8, 4) is 34.4 Å². The third-order valence-corrected chi connectivity index (χ3v) is 7.92. The fraction of sp³-hybridized carbons (Fsp3) is 0.444. The first-order valence-corrected chi connectivity index (χ1v) is 13.0. The average Bonchev–Trinajstić information content (AvgIpc) is 3.22. The molecule has 1 saturated heterocycles. The molecule has 2 aliphatic carbocycles.